The number of fused-ring (bicyclic) bond motifs is 2. The first kappa shape index (κ1) is 37.5. The van der Waals surface area contributed by atoms with Crippen molar-refractivity contribution in [3.8, 4) is 0 Å². The van der Waals surface area contributed by atoms with E-state index in [2.05, 4.69) is 45.5 Å². The Bertz CT molecular complexity index is 1570. The van der Waals surface area contributed by atoms with E-state index in [4.69, 9.17) is 20.2 Å². The third kappa shape index (κ3) is 10.4. The topological polar surface area (TPSA) is 189 Å². The Morgan fingerprint density at radius 2 is 1.10 bits per heavy atom. The molecule has 6 heterocycles. The number of rotatable bonds is 15. The Hall–Kier alpha value is -4.30. The molecule has 2 unspecified atom stereocenters. The van der Waals surface area contributed by atoms with Gasteiger partial charge in [-0.25, -0.2) is 9.97 Å². The summed E-state index contributed by atoms with van der Waals surface area (Å²) in [4.78, 5) is 60.9. The number of carbonyl (C=O) groups is 4. The molecule has 0 aliphatic carbocycles. The van der Waals surface area contributed by atoms with Gasteiger partial charge in [0.05, 0.1) is 13.1 Å². The van der Waals surface area contributed by atoms with Crippen LogP contribution in [0, 0.1) is 11.8 Å². The first-order chi connectivity index (χ1) is 25.2. The number of amides is 2. The number of anilines is 2. The highest BCUT2D eigenvalue weighted by Crippen LogP contribution is 2.31. The number of piperidine rings is 2. The highest BCUT2D eigenvalue weighted by atomic mass is 16.4. The van der Waals surface area contributed by atoms with Crippen LogP contribution in [0.1, 0.15) is 73.9 Å². The summed E-state index contributed by atoms with van der Waals surface area (Å²) in [5, 5.41) is 31.6. The average Bonchev–Trinajstić information content (AvgIpc) is 3.14. The van der Waals surface area contributed by atoms with Gasteiger partial charge in [-0.15, -0.1) is 0 Å². The fourth-order valence-corrected chi connectivity index (χ4v) is 8.04. The van der Waals surface area contributed by atoms with Gasteiger partial charge in [-0.1, -0.05) is 12.1 Å². The van der Waals surface area contributed by atoms with E-state index in [1.807, 2.05) is 9.80 Å². The second-order valence-electron chi connectivity index (χ2n) is 14.9. The number of unbranched alkanes of at least 4 members (excludes halogenated alkanes) is 1. The lowest BCUT2D eigenvalue weighted by Crippen LogP contribution is -2.44. The van der Waals surface area contributed by atoms with Crippen molar-refractivity contribution in [3.05, 3.63) is 46.8 Å². The zero-order valence-corrected chi connectivity index (χ0v) is 30.1. The molecule has 2 fully saturated rings. The highest BCUT2D eigenvalue weighted by molar-refractivity contribution is 5.79. The van der Waals surface area contributed by atoms with E-state index >= 15 is 0 Å². The third-order valence-electron chi connectivity index (χ3n) is 11.1. The van der Waals surface area contributed by atoms with Crippen LogP contribution in [0.2, 0.25) is 0 Å². The van der Waals surface area contributed by atoms with Crippen molar-refractivity contribution >= 4 is 35.4 Å². The maximum atomic E-state index is 12.7. The van der Waals surface area contributed by atoms with Crippen LogP contribution >= 0.6 is 0 Å². The van der Waals surface area contributed by atoms with E-state index in [9.17, 15) is 19.2 Å². The van der Waals surface area contributed by atoms with Crippen molar-refractivity contribution in [1.82, 2.24) is 30.4 Å². The standard InChI is InChI=1S/C38H54N8O6/c47-33(48)23-45-19-13-27(14-20-45)37(51)39-17-2-1-3-29-8-4-25-6-10-31(43-35(25)41-29)32-11-7-26-5-9-30(42-36(26)44-32)12-18-40-38(52)28-15-21-46(22-16-28)24-34(49)50/h4-5,8-9,27-28,31-32H,1-3,6-7,10-24H2,(H,39,51)(H,40,52)(H,41,43)(H,42,44)(H,47,48)(H,49,50). The lowest BCUT2D eigenvalue weighted by molar-refractivity contribution is -0.140. The van der Waals surface area contributed by atoms with Crippen molar-refractivity contribution in [2.24, 2.45) is 11.8 Å². The number of hydrogen-bond donors (Lipinski definition) is 6. The molecule has 6 rings (SSSR count). The number of carboxylic acid groups (broad SMARTS) is 2. The van der Waals surface area contributed by atoms with Gasteiger partial charge in [0.1, 0.15) is 11.6 Å². The summed E-state index contributed by atoms with van der Waals surface area (Å²) in [5.74, 6) is 0.251. The molecule has 6 N–H and O–H groups in total. The smallest absolute Gasteiger partial charge is 0.317 e. The molecule has 0 aromatic carbocycles. The van der Waals surface area contributed by atoms with Crippen LogP contribution in [-0.2, 0) is 44.9 Å². The van der Waals surface area contributed by atoms with Crippen LogP contribution in [0.15, 0.2) is 24.3 Å². The van der Waals surface area contributed by atoms with Gasteiger partial charge in [0.25, 0.3) is 0 Å². The summed E-state index contributed by atoms with van der Waals surface area (Å²) in [6.07, 6.45) is 10.0. The van der Waals surface area contributed by atoms with Gasteiger partial charge >= 0.3 is 11.9 Å². The predicted molar refractivity (Wildman–Crippen MR) is 196 cm³/mol. The lowest BCUT2D eigenvalue weighted by atomic mass is 9.89. The van der Waals surface area contributed by atoms with Crippen LogP contribution in [-0.4, -0.2) is 118 Å². The van der Waals surface area contributed by atoms with E-state index in [0.29, 0.717) is 71.4 Å². The molecule has 2 atom stereocenters. The Morgan fingerprint density at radius 1 is 0.635 bits per heavy atom. The van der Waals surface area contributed by atoms with Gasteiger partial charge in [-0.3, -0.25) is 29.0 Å². The van der Waals surface area contributed by atoms with Crippen LogP contribution in [0.4, 0.5) is 11.6 Å². The molecule has 0 bridgehead atoms. The minimum Gasteiger partial charge on any atom is -0.480 e. The third-order valence-corrected chi connectivity index (χ3v) is 11.1. The zero-order valence-electron chi connectivity index (χ0n) is 30.1. The maximum Gasteiger partial charge on any atom is 0.317 e. The van der Waals surface area contributed by atoms with Gasteiger partial charge in [0.15, 0.2) is 0 Å². The molecular formula is C38H54N8O6. The number of carboxylic acids is 2. The first-order valence-corrected chi connectivity index (χ1v) is 19.1. The van der Waals surface area contributed by atoms with Crippen molar-refractivity contribution in [3.63, 3.8) is 0 Å². The monoisotopic (exact) mass is 718 g/mol. The molecule has 2 aromatic rings. The van der Waals surface area contributed by atoms with E-state index in [0.717, 1.165) is 68.0 Å². The second kappa shape index (κ2) is 18.0. The number of aryl methyl sites for hydroxylation is 3. The number of likely N-dealkylation sites (tertiary alicyclic amines) is 2. The molecule has 0 saturated carbocycles. The molecule has 2 aromatic heterocycles. The second-order valence-corrected chi connectivity index (χ2v) is 14.9. The van der Waals surface area contributed by atoms with E-state index < -0.39 is 11.9 Å². The summed E-state index contributed by atoms with van der Waals surface area (Å²) >= 11 is 0. The van der Waals surface area contributed by atoms with Gasteiger partial charge in [0.2, 0.25) is 11.8 Å². The minimum atomic E-state index is -0.830. The number of aromatic nitrogens is 2. The van der Waals surface area contributed by atoms with Crippen LogP contribution in [0.5, 0.6) is 0 Å². The molecule has 4 aliphatic heterocycles. The van der Waals surface area contributed by atoms with Gasteiger partial charge in [0, 0.05) is 54.8 Å². The lowest BCUT2D eigenvalue weighted by Gasteiger charge is -2.36. The maximum absolute atomic E-state index is 12.7. The van der Waals surface area contributed by atoms with Crippen molar-refractivity contribution in [2.75, 3.05) is 63.0 Å². The van der Waals surface area contributed by atoms with Crippen LogP contribution in [0.25, 0.3) is 0 Å². The van der Waals surface area contributed by atoms with Crippen molar-refractivity contribution in [2.45, 2.75) is 89.1 Å². The van der Waals surface area contributed by atoms with Crippen LogP contribution in [0.3, 0.4) is 0 Å². The molecule has 2 amide bonds. The molecule has 14 heteroatoms. The number of nitrogens with one attached hydrogen (secondary N) is 4. The fourth-order valence-electron chi connectivity index (χ4n) is 8.04. The molecule has 0 spiro atoms. The molecular weight excluding hydrogens is 664 g/mol. The fraction of sp³-hybridized carbons (Fsp3) is 0.632. The van der Waals surface area contributed by atoms with Crippen molar-refractivity contribution < 1.29 is 29.4 Å². The minimum absolute atomic E-state index is 0.0303. The molecule has 282 valence electrons. The summed E-state index contributed by atoms with van der Waals surface area (Å²) < 4.78 is 0. The molecule has 14 nitrogen and oxygen atoms in total. The molecule has 2 saturated heterocycles. The van der Waals surface area contributed by atoms with E-state index in [1.54, 1.807) is 0 Å². The van der Waals surface area contributed by atoms with Gasteiger partial charge < -0.3 is 31.5 Å². The number of nitrogens with zero attached hydrogens (tertiary/aromatic N) is 4. The number of hydrogen-bond acceptors (Lipinski definition) is 10. The molecule has 4 aliphatic rings. The first-order valence-electron chi connectivity index (χ1n) is 19.1. The Kier molecular flexibility index (Phi) is 12.9. The van der Waals surface area contributed by atoms with Gasteiger partial charge in [-0.2, -0.15) is 0 Å². The van der Waals surface area contributed by atoms with Crippen molar-refractivity contribution in [1.29, 1.82) is 0 Å². The Balaban J connectivity index is 0.908. The average molecular weight is 719 g/mol. The predicted octanol–water partition coefficient (Wildman–Crippen LogP) is 2.32. The summed E-state index contributed by atoms with van der Waals surface area (Å²) in [5.41, 5.74) is 4.44. The number of aliphatic carboxylic acids is 2. The molecule has 52 heavy (non-hydrogen) atoms. The largest absolute Gasteiger partial charge is 0.480 e. The van der Waals surface area contributed by atoms with E-state index in [1.165, 1.54) is 11.1 Å². The highest BCUT2D eigenvalue weighted by Gasteiger charge is 2.31. The summed E-state index contributed by atoms with van der Waals surface area (Å²) in [6, 6.07) is 8.99. The summed E-state index contributed by atoms with van der Waals surface area (Å²) in [6.45, 7) is 3.78. The van der Waals surface area contributed by atoms with Gasteiger partial charge in [-0.05, 0) is 120 Å². The van der Waals surface area contributed by atoms with E-state index in [-0.39, 0.29) is 48.8 Å². The summed E-state index contributed by atoms with van der Waals surface area (Å²) in [7, 11) is 0. The number of carbonyl (C=O) groups excluding carboxylic acids is 2. The Morgan fingerprint density at radius 3 is 1.58 bits per heavy atom. The Labute approximate surface area is 305 Å². The number of pyridine rings is 2. The SMILES string of the molecule is O=C(O)CN1CCC(C(=O)NCCCCc2ccc3c(n2)NC(C2CCc4ccc(CCNC(=O)C5CCN(CC(=O)O)CC5)nc4N2)CC3)CC1. The normalized spacial score (nSPS) is 21.2. The zero-order chi connectivity index (χ0) is 36.5. The van der Waals surface area contributed by atoms with Crippen LogP contribution < -0.4 is 21.3 Å². The molecule has 0 radical (unpaired) electrons. The quantitative estimate of drug-likeness (QED) is 0.148.